The number of terminal acetylenes is 1. The van der Waals surface area contributed by atoms with E-state index in [1.54, 1.807) is 6.92 Å². The van der Waals surface area contributed by atoms with Gasteiger partial charge in [0, 0.05) is 150 Å². The Morgan fingerprint density at radius 2 is 0.970 bits per heavy atom. The number of hydrogen-bond acceptors (Lipinski definition) is 0. The minimum Gasteiger partial charge on any atom is -0.269 e. The molecule has 0 saturated heterocycles. The van der Waals surface area contributed by atoms with Crippen molar-refractivity contribution in [3.05, 3.63) is 0 Å². The van der Waals surface area contributed by atoms with E-state index in [2.05, 4.69) is 53.3 Å². The van der Waals surface area contributed by atoms with Crippen LogP contribution in [0.5, 0.6) is 0 Å². The molecule has 22 heteroatoms. The number of rotatable bonds is 4. The van der Waals surface area contributed by atoms with Crippen molar-refractivity contribution in [1.82, 2.24) is 0 Å². The maximum absolute atomic E-state index is 8.00. The van der Waals surface area contributed by atoms with Crippen LogP contribution in [0.3, 0.4) is 0 Å². The normalized spacial score (nSPS) is 6.12. The number of halogens is 11. The van der Waals surface area contributed by atoms with Gasteiger partial charge in [-0.25, -0.2) is 0 Å². The smallest absolute Gasteiger partial charge is 0 e. The summed E-state index contributed by atoms with van der Waals surface area (Å²) in [5, 5.41) is 0. The molecule has 0 aromatic rings. The van der Waals surface area contributed by atoms with Gasteiger partial charge in [-0.2, -0.15) is 0 Å². The van der Waals surface area contributed by atoms with E-state index in [0.717, 1.165) is 0 Å². The largest absolute Gasteiger partial charge is 0.269 e. The van der Waals surface area contributed by atoms with E-state index in [9.17, 15) is 0 Å². The van der Waals surface area contributed by atoms with Gasteiger partial charge in [-0.05, 0) is 54.3 Å². The van der Waals surface area contributed by atoms with Gasteiger partial charge in [-0.1, -0.05) is 5.92 Å². The lowest BCUT2D eigenvalue weighted by Gasteiger charge is -2.25. The summed E-state index contributed by atoms with van der Waals surface area (Å²) in [5.74, 6) is 22.0. The molecule has 0 nitrogen and oxygen atoms in total. The molecule has 0 aromatic heterocycles. The molecule has 183 valence electrons. The summed E-state index contributed by atoms with van der Waals surface area (Å²) in [5.41, 5.74) is 0. The first-order valence-electron chi connectivity index (χ1n) is 11.8. The minimum absolute atomic E-state index is 0. The molecule has 33 heavy (non-hydrogen) atoms. The van der Waals surface area contributed by atoms with Crippen molar-refractivity contribution >= 4 is 79.0 Å². The van der Waals surface area contributed by atoms with Gasteiger partial charge in [0.05, 0.1) is 0 Å². The van der Waals surface area contributed by atoms with Crippen LogP contribution in [0, 0.1) is 59.7 Å². The summed E-state index contributed by atoms with van der Waals surface area (Å²) in [6.07, 6.45) is 2.69. The molecule has 0 saturated carbocycles. The van der Waals surface area contributed by atoms with E-state index in [1.165, 1.54) is 7.06 Å². The van der Waals surface area contributed by atoms with Crippen molar-refractivity contribution in [2.75, 3.05) is 0 Å². The Hall–Kier alpha value is -2.26. The van der Waals surface area contributed by atoms with Crippen molar-refractivity contribution < 1.29 is 75.3 Å². The van der Waals surface area contributed by atoms with E-state index < -0.39 is 19.2 Å². The summed E-state index contributed by atoms with van der Waals surface area (Å²) >= 11 is 0. The molecule has 0 unspecified atom stereocenters. The van der Waals surface area contributed by atoms with Gasteiger partial charge < -0.3 is 0 Å². The summed E-state index contributed by atoms with van der Waals surface area (Å²) in [7, 11) is 33.5. The molecular weight excluding hydrogens is 460 g/mol. The van der Waals surface area contributed by atoms with Crippen LogP contribution in [0.25, 0.3) is 0 Å². The number of hydrogen-bond donors (Lipinski definition) is 0. The molecule has 0 atom stereocenters. The molecule has 0 heterocycles. The summed E-state index contributed by atoms with van der Waals surface area (Å²) < 4.78 is 130. The molecule has 0 aliphatic heterocycles. The second-order valence-corrected chi connectivity index (χ2v) is 3.77. The second kappa shape index (κ2) is 63.0. The standard InChI is InChI=1S/C11H4.B11.5F2.FH.12H2/c1-3-5-7-9-11-10-8-6-4-2;1-7-10(6)11(8(2)3)9(4)5;5*1-2;;;;;;;;;;;;;/h1H,2H3;;;;;;;13*1H/i;;;;;;;;5*1+1D;1+1;;;;;;. The highest BCUT2D eigenvalue weighted by Crippen LogP contribution is 1.88. The first-order valence-corrected chi connectivity index (χ1v) is 6.84. The highest BCUT2D eigenvalue weighted by molar-refractivity contribution is 8.01. The van der Waals surface area contributed by atoms with Crippen LogP contribution in [0.15, 0.2) is 0 Å². The van der Waals surface area contributed by atoms with Crippen LogP contribution in [-0.4, -0.2) is 79.0 Å². The summed E-state index contributed by atoms with van der Waals surface area (Å²) in [4.78, 5) is 0. The topological polar surface area (TPSA) is 0 Å². The second-order valence-electron chi connectivity index (χ2n) is 3.77. The van der Waals surface area contributed by atoms with E-state index in [-0.39, 0.29) is 21.1 Å². The fourth-order valence-corrected chi connectivity index (χ4v) is 1.15. The van der Waals surface area contributed by atoms with E-state index in [0.29, 0.717) is 0 Å². The van der Waals surface area contributed by atoms with Crippen molar-refractivity contribution in [1.29, 1.82) is 0 Å². The Kier molecular flexibility index (Phi) is 67.5. The van der Waals surface area contributed by atoms with Crippen LogP contribution >= 0.6 is 0 Å². The molecule has 0 aromatic carbocycles. The summed E-state index contributed by atoms with van der Waals surface area (Å²) in [6.45, 7) is 1.71. The molecule has 0 aliphatic carbocycles. The zero-order valence-corrected chi connectivity index (χ0v) is 16.6. The fraction of sp³-hybridized carbons (Fsp3) is 0.0909. The fourth-order valence-electron chi connectivity index (χ4n) is 1.15. The molecule has 0 fully saturated rings. The first kappa shape index (κ1) is 35.3. The lowest BCUT2D eigenvalue weighted by Crippen LogP contribution is -2.63. The molecular formula is C11H29B11F11. The zero-order chi connectivity index (χ0) is 37.4. The van der Waals surface area contributed by atoms with Gasteiger partial charge in [0.2, 0.25) is 0 Å². The van der Waals surface area contributed by atoms with E-state index in [1.807, 2.05) is 0 Å². The lowest BCUT2D eigenvalue weighted by molar-refractivity contribution is 0.108. The molecule has 0 spiro atoms. The Balaban J connectivity index is -0.0000000120. The highest BCUT2D eigenvalue weighted by atomic mass is 20.0. The van der Waals surface area contributed by atoms with Gasteiger partial charge in [0.1, 0.15) is 0 Å². The molecule has 0 rings (SSSR count). The Labute approximate surface area is 222 Å². The van der Waals surface area contributed by atoms with Gasteiger partial charge in [-0.3, -0.25) is 4.70 Å². The zero-order valence-electron chi connectivity index (χ0n) is 26.6. The molecule has 0 bridgehead atoms. The van der Waals surface area contributed by atoms with Crippen molar-refractivity contribution in [3.63, 3.8) is 0 Å². The SMILES string of the molecule is C#CC#CC#CC#CC#CC.F.FF.FF.FF.FF.FF.[2HH].[2H][2H].[2H][2H].[2H][2H].[2H][2H].[2H][2H].[B][B]B([B])B(B([B])[B])B([B])[B].[HH].[HH].[HH].[HH].[HH].[HH]. The Bertz CT molecular complexity index is 656. The van der Waals surface area contributed by atoms with Crippen LogP contribution < -0.4 is 0 Å². The maximum Gasteiger partial charge on any atom is 0 e. The third-order valence-corrected chi connectivity index (χ3v) is 2.13. The molecule has 0 amide bonds. The monoisotopic (exact) mass is 502 g/mol. The van der Waals surface area contributed by atoms with Gasteiger partial charge in [0.25, 0.3) is 0 Å². The van der Waals surface area contributed by atoms with Crippen LogP contribution in [0.2, 0.25) is 0 Å². The van der Waals surface area contributed by atoms with Crippen molar-refractivity contribution in [2.24, 2.45) is 0 Å². The summed E-state index contributed by atoms with van der Waals surface area (Å²) in [6, 6.07) is 0. The maximum atomic E-state index is 8.00. The quantitative estimate of drug-likeness (QED) is 0.314. The van der Waals surface area contributed by atoms with Gasteiger partial charge in [-0.15, -0.1) is 6.42 Å². The average molecular weight is 500 g/mol. The first-order chi connectivity index (χ1) is 20.4. The van der Waals surface area contributed by atoms with Crippen LogP contribution in [0.1, 0.15) is 31.8 Å². The molecule has 13 radical (unpaired) electrons. The predicted octanol–water partition coefficient (Wildman–Crippen LogP) is 3.77. The lowest BCUT2D eigenvalue weighted by atomic mass is 8.56. The molecule has 0 aliphatic rings. The highest BCUT2D eigenvalue weighted by Gasteiger charge is 2.26. The van der Waals surface area contributed by atoms with Crippen molar-refractivity contribution in [3.8, 4) is 59.7 Å². The Morgan fingerprint density at radius 1 is 0.697 bits per heavy atom. The minimum atomic E-state index is -0.648. The van der Waals surface area contributed by atoms with E-state index >= 15 is 0 Å². The van der Waals surface area contributed by atoms with Crippen molar-refractivity contribution in [2.45, 2.75) is 6.92 Å². The van der Waals surface area contributed by atoms with Crippen LogP contribution in [0.4, 0.5) is 50.4 Å². The van der Waals surface area contributed by atoms with Crippen LogP contribution in [-0.2, 0) is 0 Å². The predicted molar refractivity (Wildman–Crippen MR) is 148 cm³/mol. The third-order valence-electron chi connectivity index (χ3n) is 2.13. The third kappa shape index (κ3) is 58.7. The average Bonchev–Trinajstić information content (AvgIpc) is 3.10. The Morgan fingerprint density at radius 3 is 1.15 bits per heavy atom. The molecule has 0 N–H and O–H groups in total. The van der Waals surface area contributed by atoms with Gasteiger partial charge >= 0.3 is 0 Å². The van der Waals surface area contributed by atoms with Gasteiger partial charge in [0.15, 0.2) is 0 Å². The van der Waals surface area contributed by atoms with E-state index in [4.69, 9.17) is 113 Å².